The zero-order chi connectivity index (χ0) is 15.8. The second-order valence-electron chi connectivity index (χ2n) is 6.63. The van der Waals surface area contributed by atoms with Crippen molar-refractivity contribution in [3.63, 3.8) is 0 Å². The number of sulfonamides is 1. The van der Waals surface area contributed by atoms with Gasteiger partial charge in [-0.2, -0.15) is 0 Å². The summed E-state index contributed by atoms with van der Waals surface area (Å²) in [7, 11) is -2.06. The summed E-state index contributed by atoms with van der Waals surface area (Å²) < 4.78 is 33.4. The SMILES string of the molecule is COc1ccc(C)cc1S(=O)(=O)NCC12CCC(CC1)NC2. The van der Waals surface area contributed by atoms with Crippen LogP contribution in [0.1, 0.15) is 31.2 Å². The molecule has 1 aromatic carbocycles. The van der Waals surface area contributed by atoms with E-state index >= 15 is 0 Å². The van der Waals surface area contributed by atoms with Crippen molar-refractivity contribution < 1.29 is 13.2 Å². The molecule has 2 saturated heterocycles. The fraction of sp³-hybridized carbons (Fsp3) is 0.625. The molecule has 0 radical (unpaired) electrons. The Morgan fingerprint density at radius 1 is 1.36 bits per heavy atom. The van der Waals surface area contributed by atoms with Gasteiger partial charge in [-0.25, -0.2) is 13.1 Å². The molecule has 4 rings (SSSR count). The third kappa shape index (κ3) is 3.00. The van der Waals surface area contributed by atoms with Crippen LogP contribution in [0.25, 0.3) is 0 Å². The second kappa shape index (κ2) is 5.83. The number of hydrogen-bond donors (Lipinski definition) is 2. The van der Waals surface area contributed by atoms with Crippen LogP contribution >= 0.6 is 0 Å². The lowest BCUT2D eigenvalue weighted by molar-refractivity contribution is 0.101. The zero-order valence-electron chi connectivity index (χ0n) is 13.2. The molecule has 2 heterocycles. The number of nitrogens with one attached hydrogen (secondary N) is 2. The number of aryl methyl sites for hydroxylation is 1. The van der Waals surface area contributed by atoms with Crippen molar-refractivity contribution in [1.29, 1.82) is 0 Å². The number of rotatable bonds is 5. The van der Waals surface area contributed by atoms with Crippen molar-refractivity contribution >= 4 is 10.0 Å². The van der Waals surface area contributed by atoms with Crippen LogP contribution in [-0.2, 0) is 10.0 Å². The van der Waals surface area contributed by atoms with Crippen LogP contribution in [-0.4, -0.2) is 34.7 Å². The number of ether oxygens (including phenoxy) is 1. The maximum absolute atomic E-state index is 12.7. The van der Waals surface area contributed by atoms with Crippen LogP contribution in [0, 0.1) is 12.3 Å². The lowest BCUT2D eigenvalue weighted by Crippen LogP contribution is -2.55. The molecule has 0 atom stereocenters. The minimum Gasteiger partial charge on any atom is -0.495 e. The van der Waals surface area contributed by atoms with Gasteiger partial charge in [0.25, 0.3) is 0 Å². The van der Waals surface area contributed by atoms with Crippen LogP contribution in [0.3, 0.4) is 0 Å². The van der Waals surface area contributed by atoms with Gasteiger partial charge in [-0.15, -0.1) is 0 Å². The molecule has 0 amide bonds. The van der Waals surface area contributed by atoms with Crippen molar-refractivity contribution in [3.8, 4) is 5.75 Å². The molecular weight excluding hydrogens is 300 g/mol. The van der Waals surface area contributed by atoms with Gasteiger partial charge in [-0.3, -0.25) is 0 Å². The molecule has 2 bridgehead atoms. The Hall–Kier alpha value is -1.11. The van der Waals surface area contributed by atoms with E-state index in [1.54, 1.807) is 12.1 Å². The molecule has 3 aliphatic rings. The Morgan fingerprint density at radius 2 is 2.09 bits per heavy atom. The van der Waals surface area contributed by atoms with Gasteiger partial charge in [0.2, 0.25) is 10.0 Å². The summed E-state index contributed by atoms with van der Waals surface area (Å²) in [6, 6.07) is 5.85. The van der Waals surface area contributed by atoms with Crippen LogP contribution in [0.4, 0.5) is 0 Å². The van der Waals surface area contributed by atoms with E-state index in [0.29, 0.717) is 18.3 Å². The molecule has 0 spiro atoms. The molecule has 0 aromatic heterocycles. The van der Waals surface area contributed by atoms with Gasteiger partial charge < -0.3 is 10.1 Å². The fourth-order valence-corrected chi connectivity index (χ4v) is 4.94. The molecule has 1 saturated carbocycles. The lowest BCUT2D eigenvalue weighted by Gasteiger charge is -2.47. The topological polar surface area (TPSA) is 67.4 Å². The van der Waals surface area contributed by atoms with E-state index in [4.69, 9.17) is 4.74 Å². The number of benzene rings is 1. The average Bonchev–Trinajstić information content (AvgIpc) is 2.55. The fourth-order valence-electron chi connectivity index (χ4n) is 3.53. The van der Waals surface area contributed by atoms with Crippen LogP contribution in [0.5, 0.6) is 5.75 Å². The summed E-state index contributed by atoms with van der Waals surface area (Å²) in [6.07, 6.45) is 4.49. The highest BCUT2D eigenvalue weighted by Gasteiger charge is 2.40. The summed E-state index contributed by atoms with van der Waals surface area (Å²) in [4.78, 5) is 0.226. The predicted molar refractivity (Wildman–Crippen MR) is 85.6 cm³/mol. The molecule has 2 aliphatic heterocycles. The van der Waals surface area contributed by atoms with Crippen molar-refractivity contribution in [2.45, 2.75) is 43.5 Å². The van der Waals surface area contributed by atoms with E-state index in [9.17, 15) is 8.42 Å². The van der Waals surface area contributed by atoms with Crippen molar-refractivity contribution in [3.05, 3.63) is 23.8 Å². The molecular formula is C16H24N2O3S. The van der Waals surface area contributed by atoms with E-state index in [0.717, 1.165) is 37.8 Å². The molecule has 2 N–H and O–H groups in total. The molecule has 5 nitrogen and oxygen atoms in total. The Kier molecular flexibility index (Phi) is 4.18. The maximum atomic E-state index is 12.7. The first-order chi connectivity index (χ1) is 10.4. The first-order valence-electron chi connectivity index (χ1n) is 7.82. The largest absolute Gasteiger partial charge is 0.495 e. The number of methoxy groups -OCH3 is 1. The average molecular weight is 324 g/mol. The second-order valence-corrected chi connectivity index (χ2v) is 8.37. The summed E-state index contributed by atoms with van der Waals surface area (Å²) in [5.41, 5.74) is 0.970. The highest BCUT2D eigenvalue weighted by Crippen LogP contribution is 2.40. The van der Waals surface area contributed by atoms with Gasteiger partial charge >= 0.3 is 0 Å². The monoisotopic (exact) mass is 324 g/mol. The van der Waals surface area contributed by atoms with E-state index in [1.165, 1.54) is 7.11 Å². The Balaban J connectivity index is 1.78. The van der Waals surface area contributed by atoms with Gasteiger partial charge in [-0.1, -0.05) is 6.07 Å². The highest BCUT2D eigenvalue weighted by molar-refractivity contribution is 7.89. The Labute approximate surface area is 132 Å². The van der Waals surface area contributed by atoms with Crippen molar-refractivity contribution in [2.24, 2.45) is 5.41 Å². The summed E-state index contributed by atoms with van der Waals surface area (Å²) in [5.74, 6) is 0.390. The van der Waals surface area contributed by atoms with Crippen molar-refractivity contribution in [2.75, 3.05) is 20.2 Å². The van der Waals surface area contributed by atoms with Gasteiger partial charge in [0, 0.05) is 19.1 Å². The Morgan fingerprint density at radius 3 is 2.68 bits per heavy atom. The number of hydrogen-bond acceptors (Lipinski definition) is 4. The first-order valence-corrected chi connectivity index (χ1v) is 9.30. The first kappa shape index (κ1) is 15.8. The third-order valence-corrected chi connectivity index (χ3v) is 6.48. The van der Waals surface area contributed by atoms with Crippen LogP contribution in [0.2, 0.25) is 0 Å². The number of piperidine rings is 2. The molecule has 22 heavy (non-hydrogen) atoms. The van der Waals surface area contributed by atoms with E-state index in [-0.39, 0.29) is 10.3 Å². The molecule has 3 fully saturated rings. The van der Waals surface area contributed by atoms with E-state index in [1.807, 2.05) is 13.0 Å². The van der Waals surface area contributed by atoms with Gasteiger partial charge in [-0.05, 0) is 55.7 Å². The van der Waals surface area contributed by atoms with E-state index < -0.39 is 10.0 Å². The molecule has 0 unspecified atom stereocenters. The maximum Gasteiger partial charge on any atom is 0.244 e. The lowest BCUT2D eigenvalue weighted by atomic mass is 9.69. The molecule has 1 aliphatic carbocycles. The van der Waals surface area contributed by atoms with Crippen LogP contribution < -0.4 is 14.8 Å². The van der Waals surface area contributed by atoms with E-state index in [2.05, 4.69) is 10.0 Å². The standard InChI is InChI=1S/C16H24N2O3S/c1-12-3-4-14(21-2)15(9-12)22(19,20)18-11-16-7-5-13(6-8-16)17-10-16/h3-4,9,13,17-18H,5-8,10-11H2,1-2H3. The normalized spacial score (nSPS) is 27.8. The molecule has 6 heteroatoms. The molecule has 1 aromatic rings. The zero-order valence-corrected chi connectivity index (χ0v) is 14.0. The summed E-state index contributed by atoms with van der Waals surface area (Å²) in [6.45, 7) is 3.28. The minimum atomic E-state index is -3.56. The number of fused-ring (bicyclic) bond motifs is 3. The highest BCUT2D eigenvalue weighted by atomic mass is 32.2. The third-order valence-electron chi connectivity index (χ3n) is 5.06. The summed E-state index contributed by atoms with van der Waals surface area (Å²) >= 11 is 0. The van der Waals surface area contributed by atoms with Gasteiger partial charge in [0.05, 0.1) is 7.11 Å². The minimum absolute atomic E-state index is 0.0683. The molecule has 122 valence electrons. The van der Waals surface area contributed by atoms with Gasteiger partial charge in [0.1, 0.15) is 10.6 Å². The predicted octanol–water partition coefficient (Wildman–Crippen LogP) is 1.81. The van der Waals surface area contributed by atoms with Crippen molar-refractivity contribution in [1.82, 2.24) is 10.0 Å². The summed E-state index contributed by atoms with van der Waals surface area (Å²) in [5, 5.41) is 3.51. The van der Waals surface area contributed by atoms with Crippen LogP contribution in [0.15, 0.2) is 23.1 Å². The van der Waals surface area contributed by atoms with Gasteiger partial charge in [0.15, 0.2) is 0 Å². The quantitative estimate of drug-likeness (QED) is 0.867. The smallest absolute Gasteiger partial charge is 0.244 e. The Bertz CT molecular complexity index is 636.